The van der Waals surface area contributed by atoms with Gasteiger partial charge in [-0.15, -0.1) is 0 Å². The van der Waals surface area contributed by atoms with Crippen LogP contribution in [0.3, 0.4) is 0 Å². The first-order chi connectivity index (χ1) is 43.6. The summed E-state index contributed by atoms with van der Waals surface area (Å²) in [5.74, 6) is 0.461. The molecule has 24 atom stereocenters. The Morgan fingerprint density at radius 3 is 1.07 bits per heavy atom. The third-order valence-corrected chi connectivity index (χ3v) is 19.9. The number of hydrogen-bond acceptors (Lipinski definition) is 33. The molecule has 14 rings (SSSR count). The number of aryl methyl sites for hydroxylation is 1. The number of nitrogens with zero attached hydrogens (tertiary/aromatic N) is 12. The normalized spacial score (nSPS) is 35.8. The number of rotatable bonds is 16. The molecular weight excluding hydrogens is 1650 g/mol. The molecule has 8 fully saturated rings. The van der Waals surface area contributed by atoms with Crippen molar-refractivity contribution in [1.29, 1.82) is 0 Å². The molecule has 8 saturated heterocycles. The summed E-state index contributed by atoms with van der Waals surface area (Å²) in [6, 6.07) is 2.92. The van der Waals surface area contributed by atoms with Crippen LogP contribution < -0.4 is 28.6 Å². The minimum atomic E-state index is -2.19. The Morgan fingerprint density at radius 2 is 0.760 bits per heavy atom. The second-order valence-corrected chi connectivity index (χ2v) is 28.3. The molecule has 10 N–H and O–H groups in total. The van der Waals surface area contributed by atoms with Gasteiger partial charge in [-0.2, -0.15) is 9.97 Å². The zero-order valence-corrected chi connectivity index (χ0v) is 68.6. The van der Waals surface area contributed by atoms with E-state index in [2.05, 4.69) is 39.9 Å². The van der Waals surface area contributed by atoms with Gasteiger partial charge < -0.3 is 93.6 Å². The molecule has 8 aliphatic heterocycles. The molecule has 8 bridgehead atoms. The summed E-state index contributed by atoms with van der Waals surface area (Å²) in [5.41, 5.74) is 14.1. The first kappa shape index (κ1) is 82.2. The van der Waals surface area contributed by atoms with Gasteiger partial charge in [0, 0.05) is 170 Å². The summed E-state index contributed by atoms with van der Waals surface area (Å²) < 4.78 is 119. The Morgan fingerprint density at radius 1 is 0.469 bits per heavy atom. The summed E-state index contributed by atoms with van der Waals surface area (Å²) >= 11 is 0. The number of aromatic nitrogens is 12. The molecular formula is C51H73N15O22P4Y4. The van der Waals surface area contributed by atoms with Crippen LogP contribution in [0, 0.1) is 6.92 Å². The van der Waals surface area contributed by atoms with Crippen molar-refractivity contribution in [1.82, 2.24) is 58.1 Å². The third-order valence-electron chi connectivity index (χ3n) is 17.7. The van der Waals surface area contributed by atoms with Crippen molar-refractivity contribution in [2.75, 3.05) is 70.3 Å². The van der Waals surface area contributed by atoms with Crippen LogP contribution in [0.5, 0.6) is 0 Å². The smallest absolute Gasteiger partial charge is 0.351 e. The van der Waals surface area contributed by atoms with Crippen LogP contribution in [0.25, 0.3) is 22.3 Å². The van der Waals surface area contributed by atoms with Crippen molar-refractivity contribution >= 4 is 71.9 Å². The van der Waals surface area contributed by atoms with Gasteiger partial charge in [0.1, 0.15) is 107 Å². The van der Waals surface area contributed by atoms with E-state index < -0.39 is 158 Å². The maximum absolute atomic E-state index is 11.9. The van der Waals surface area contributed by atoms with Crippen molar-refractivity contribution < 1.29 is 226 Å². The Labute approximate surface area is 650 Å². The fourth-order valence-corrected chi connectivity index (χ4v) is 14.3. The summed E-state index contributed by atoms with van der Waals surface area (Å²) in [5, 5.41) is 42.2. The molecule has 0 spiro atoms. The molecule has 45 heteroatoms. The molecule has 14 heterocycles. The number of nitrogen functional groups attached to an aromatic ring is 3. The van der Waals surface area contributed by atoms with E-state index in [-0.39, 0.29) is 181 Å². The standard InChI is InChI=1S/C14H19N4O5P.C13H18N5O5P.2C12H18N3O6P.4Y/c1-7-9-12(16-5-15-7)18(6-17-9)13-10-11(19)14(23-13,8(2)22-10)4-21-24(3)20;1-6-13(3-21-24(2)20)9(19)8(22-6)12(23-13)18-5-17-7-10(14)15-4-16-11(7)18;2*1-6-12(5-19-22(2)18)9(16)8(20-6)10(21-12)15-4-3-7(13)14-11(15)17;;;;/h5-6,8,10-11,13,19,24H,4H2,1-3H3;4-6,8-9,12,19,24H,3H2,1-2H3,(H2,14,15,16);2*3-4,6,8-10,16,22H,5H2,1-2H3,(H2,13,14,17);;;;/t8-,10-,11+,13-,14+;6-,8+,9-,12+,13-;6-,8+,9-,10+,12-;6-,8-,9+,10-,12+;;;;/m1001..../s1. The molecule has 0 amide bonds. The molecule has 0 aliphatic carbocycles. The zero-order valence-electron chi connectivity index (χ0n) is 53.2. The molecule has 4 unspecified atom stereocenters. The zero-order chi connectivity index (χ0) is 66.3. The first-order valence-corrected chi connectivity index (χ1v) is 36.2. The van der Waals surface area contributed by atoms with Crippen LogP contribution in [0.1, 0.15) is 58.3 Å². The van der Waals surface area contributed by atoms with Gasteiger partial charge in [0.25, 0.3) is 0 Å². The predicted molar refractivity (Wildman–Crippen MR) is 322 cm³/mol. The Hall–Kier alpha value is -1.04. The van der Waals surface area contributed by atoms with Gasteiger partial charge in [-0.05, 0) is 46.8 Å². The van der Waals surface area contributed by atoms with Crippen molar-refractivity contribution in [3.8, 4) is 0 Å². The fourth-order valence-electron chi connectivity index (χ4n) is 12.6. The molecule has 0 aromatic carbocycles. The minimum Gasteiger partial charge on any atom is -0.387 e. The van der Waals surface area contributed by atoms with Crippen molar-refractivity contribution in [2.45, 2.75) is 155 Å². The maximum atomic E-state index is 11.9. The molecule has 4 radical (unpaired) electrons. The molecule has 0 saturated carbocycles. The Balaban J connectivity index is 0.000000178. The number of nitrogens with two attached hydrogens (primary N) is 3. The minimum absolute atomic E-state index is 0. The summed E-state index contributed by atoms with van der Waals surface area (Å²) in [7, 11) is -8.68. The van der Waals surface area contributed by atoms with Crippen LogP contribution in [-0.2, 0) is 205 Å². The van der Waals surface area contributed by atoms with E-state index in [0.717, 1.165) is 5.69 Å². The number of ether oxygens (including phenoxy) is 8. The van der Waals surface area contributed by atoms with Gasteiger partial charge >= 0.3 is 11.4 Å². The Bertz CT molecular complexity index is 3730. The Kier molecular flexibility index (Phi) is 28.2. The van der Waals surface area contributed by atoms with Crippen LogP contribution in [0.2, 0.25) is 0 Å². The van der Waals surface area contributed by atoms with Crippen molar-refractivity contribution in [3.05, 3.63) is 76.5 Å². The number of hydrogen-bond donors (Lipinski definition) is 7. The van der Waals surface area contributed by atoms with Crippen LogP contribution >= 0.6 is 32.1 Å². The van der Waals surface area contributed by atoms with Crippen LogP contribution in [-0.4, -0.2) is 227 Å². The van der Waals surface area contributed by atoms with E-state index in [0.29, 0.717) is 22.3 Å². The van der Waals surface area contributed by atoms with Crippen molar-refractivity contribution in [3.63, 3.8) is 0 Å². The maximum Gasteiger partial charge on any atom is 0.351 e. The number of aliphatic hydroxyl groups is 4. The first-order valence-electron chi connectivity index (χ1n) is 28.9. The fraction of sp³-hybridized carbons (Fsp3) is 0.647. The number of anilines is 3. The molecule has 516 valence electrons. The van der Waals surface area contributed by atoms with E-state index in [1.165, 1.54) is 79.3 Å². The monoisotopic (exact) mass is 1730 g/mol. The quantitative estimate of drug-likeness (QED) is 0.0591. The van der Waals surface area contributed by atoms with E-state index >= 15 is 0 Å². The molecule has 6 aromatic rings. The molecule has 37 nitrogen and oxygen atoms in total. The second-order valence-electron chi connectivity index (χ2n) is 23.2. The topological polar surface area (TPSA) is 495 Å². The van der Waals surface area contributed by atoms with Crippen LogP contribution in [0.4, 0.5) is 17.5 Å². The average molecular weight is 1730 g/mol. The van der Waals surface area contributed by atoms with Gasteiger partial charge in [0.2, 0.25) is 0 Å². The van der Waals surface area contributed by atoms with Gasteiger partial charge in [0.05, 0.1) is 69.2 Å². The van der Waals surface area contributed by atoms with E-state index in [4.69, 9.17) is 73.2 Å². The third kappa shape index (κ3) is 15.3. The van der Waals surface area contributed by atoms with Gasteiger partial charge in [-0.1, -0.05) is 0 Å². The van der Waals surface area contributed by atoms with Gasteiger partial charge in [-0.25, -0.2) is 39.5 Å². The largest absolute Gasteiger partial charge is 0.387 e. The molecule has 6 aromatic heterocycles. The van der Waals surface area contributed by atoms with Gasteiger partial charge in [0.15, 0.2) is 74.1 Å². The number of fused-ring (bicyclic) bond motifs is 10. The summed E-state index contributed by atoms with van der Waals surface area (Å²) in [4.78, 5) is 56.2. The number of aliphatic hydroxyl groups excluding tert-OH is 4. The second kappa shape index (κ2) is 33.0. The molecule has 8 aliphatic rings. The number of imidazole rings is 2. The molecule has 96 heavy (non-hydrogen) atoms. The van der Waals surface area contributed by atoms with Crippen molar-refractivity contribution in [2.24, 2.45) is 0 Å². The van der Waals surface area contributed by atoms with Crippen LogP contribution in [0.15, 0.2) is 59.4 Å². The van der Waals surface area contributed by atoms with E-state index in [1.54, 1.807) is 36.2 Å². The predicted octanol–water partition coefficient (Wildman–Crippen LogP) is -0.668. The average Bonchev–Trinajstić information content (AvgIpc) is 1.59. The van der Waals surface area contributed by atoms with Gasteiger partial charge in [-0.3, -0.25) is 36.5 Å². The van der Waals surface area contributed by atoms with E-state index in [1.807, 2.05) is 13.8 Å². The summed E-state index contributed by atoms with van der Waals surface area (Å²) in [6.07, 6.45) is -2.25. The van der Waals surface area contributed by atoms with E-state index in [9.17, 15) is 48.3 Å². The SMILES string of the molecule is C[C@@H]1O[C@H]2[C@H](n3ccc(N)nc3=O)O[C@]1(CO[PH](C)=O)[C@H]2O.C[C@@H]1O[C@H]2[C@H](n3cnc4c(N)ncnc43)O[C@]1(CO[PH](C)=O)[C@H]2O.C[C@H]1O[C@H]2[C@H](n3ccc(N)nc3=O)O[C@]1(CO[PH](C)=O)[C@H]2O.Cc1ncnc2c1ncn2[C@@H]1O[C@@]2(CO[PH](C)=O)[C@@H](C)O[C@@H]1[C@@H]2O.[Y].[Y].[Y].[Y]. The summed E-state index contributed by atoms with van der Waals surface area (Å²) in [6.45, 7) is 14.7.